The van der Waals surface area contributed by atoms with E-state index in [0.29, 0.717) is 19.0 Å². The van der Waals surface area contributed by atoms with E-state index in [2.05, 4.69) is 12.2 Å². The summed E-state index contributed by atoms with van der Waals surface area (Å²) in [6.07, 6.45) is 2.05. The number of urea groups is 1. The average molecular weight is 278 g/mol. The molecule has 0 spiro atoms. The van der Waals surface area contributed by atoms with Crippen molar-refractivity contribution in [3.05, 3.63) is 23.8 Å². The number of aromatic hydroxyl groups is 1. The molecule has 0 bridgehead atoms. The summed E-state index contributed by atoms with van der Waals surface area (Å²) >= 11 is 0. The first-order chi connectivity index (χ1) is 9.49. The van der Waals surface area contributed by atoms with Crippen LogP contribution in [-0.2, 0) is 0 Å². The van der Waals surface area contributed by atoms with Crippen LogP contribution in [0, 0.1) is 5.92 Å². The average Bonchev–Trinajstić information content (AvgIpc) is 2.40. The molecule has 1 fully saturated rings. The van der Waals surface area contributed by atoms with E-state index in [-0.39, 0.29) is 17.3 Å². The number of para-hydroxylation sites is 1. The fourth-order valence-electron chi connectivity index (χ4n) is 2.39. The fraction of sp³-hybridized carbons (Fsp3) is 0.429. The van der Waals surface area contributed by atoms with Gasteiger partial charge in [0, 0.05) is 13.1 Å². The minimum absolute atomic E-state index is 0.119. The first kappa shape index (κ1) is 14.2. The molecule has 1 aromatic carbocycles. The Bertz CT molecular complexity index is 530. The second-order valence-electron chi connectivity index (χ2n) is 5.13. The van der Waals surface area contributed by atoms with Gasteiger partial charge in [0.05, 0.1) is 5.69 Å². The van der Waals surface area contributed by atoms with E-state index in [1.165, 1.54) is 18.2 Å². The molecule has 108 valence electrons. The van der Waals surface area contributed by atoms with Crippen molar-refractivity contribution in [2.75, 3.05) is 18.4 Å². The summed E-state index contributed by atoms with van der Waals surface area (Å²) in [6.45, 7) is 3.43. The van der Waals surface area contributed by atoms with Crippen molar-refractivity contribution in [2.24, 2.45) is 5.92 Å². The maximum atomic E-state index is 12.1. The first-order valence-corrected chi connectivity index (χ1v) is 6.60. The zero-order valence-electron chi connectivity index (χ0n) is 11.3. The van der Waals surface area contributed by atoms with E-state index in [0.717, 1.165) is 12.8 Å². The summed E-state index contributed by atoms with van der Waals surface area (Å²) in [5, 5.41) is 21.3. The summed E-state index contributed by atoms with van der Waals surface area (Å²) in [5.74, 6) is -1.20. The minimum atomic E-state index is -1.23. The Balaban J connectivity index is 2.11. The number of likely N-dealkylation sites (tertiary alicyclic amines) is 1. The molecule has 6 heteroatoms. The van der Waals surface area contributed by atoms with Crippen molar-refractivity contribution in [1.82, 2.24) is 4.90 Å². The molecule has 20 heavy (non-hydrogen) atoms. The molecule has 2 rings (SSSR count). The van der Waals surface area contributed by atoms with Crippen LogP contribution < -0.4 is 5.32 Å². The van der Waals surface area contributed by atoms with Crippen LogP contribution in [0.3, 0.4) is 0 Å². The van der Waals surface area contributed by atoms with Crippen LogP contribution in [0.1, 0.15) is 30.1 Å². The predicted molar refractivity (Wildman–Crippen MR) is 74.1 cm³/mol. The summed E-state index contributed by atoms with van der Waals surface area (Å²) in [7, 11) is 0. The number of carbonyl (C=O) groups excluding carboxylic acids is 1. The molecule has 1 heterocycles. The van der Waals surface area contributed by atoms with E-state index in [9.17, 15) is 14.7 Å². The van der Waals surface area contributed by atoms with Gasteiger partial charge in [-0.05, 0) is 30.9 Å². The quantitative estimate of drug-likeness (QED) is 0.724. The molecule has 0 aliphatic carbocycles. The van der Waals surface area contributed by atoms with Gasteiger partial charge in [0.15, 0.2) is 5.75 Å². The first-order valence-electron chi connectivity index (χ1n) is 6.60. The lowest BCUT2D eigenvalue weighted by molar-refractivity contribution is 0.0693. The summed E-state index contributed by atoms with van der Waals surface area (Å²) in [4.78, 5) is 24.7. The number of carboxylic acid groups (broad SMARTS) is 1. The van der Waals surface area contributed by atoms with Crippen LogP contribution in [-0.4, -0.2) is 40.2 Å². The van der Waals surface area contributed by atoms with Gasteiger partial charge < -0.3 is 20.4 Å². The highest BCUT2D eigenvalue weighted by Gasteiger charge is 2.22. The van der Waals surface area contributed by atoms with Gasteiger partial charge in [-0.15, -0.1) is 0 Å². The number of nitrogens with zero attached hydrogens (tertiary/aromatic N) is 1. The molecule has 1 saturated heterocycles. The maximum absolute atomic E-state index is 12.1. The van der Waals surface area contributed by atoms with Crippen LogP contribution in [0.4, 0.5) is 10.5 Å². The maximum Gasteiger partial charge on any atom is 0.339 e. The molecule has 0 aromatic heterocycles. The van der Waals surface area contributed by atoms with Crippen LogP contribution in [0.5, 0.6) is 5.75 Å². The monoisotopic (exact) mass is 278 g/mol. The van der Waals surface area contributed by atoms with Crippen LogP contribution in [0.2, 0.25) is 0 Å². The van der Waals surface area contributed by atoms with Crippen molar-refractivity contribution in [2.45, 2.75) is 19.8 Å². The smallest absolute Gasteiger partial charge is 0.339 e. The van der Waals surface area contributed by atoms with Gasteiger partial charge in [0.2, 0.25) is 0 Å². The number of hydrogen-bond acceptors (Lipinski definition) is 3. The third-order valence-corrected chi connectivity index (χ3v) is 3.45. The molecule has 1 unspecified atom stereocenters. The molecule has 2 amide bonds. The third-order valence-electron chi connectivity index (χ3n) is 3.45. The number of amides is 2. The number of nitrogens with one attached hydrogen (secondary N) is 1. The van der Waals surface area contributed by atoms with Crippen molar-refractivity contribution in [3.8, 4) is 5.75 Å². The normalized spacial score (nSPS) is 18.6. The standard InChI is InChI=1S/C14H18N2O4/c1-9-4-3-7-16(8-9)14(20)15-11-6-2-5-10(12(11)17)13(18)19/h2,5-6,9,17H,3-4,7-8H2,1H3,(H,15,20)(H,18,19). The molecule has 1 aliphatic heterocycles. The Morgan fingerprint density at radius 2 is 2.15 bits per heavy atom. The number of rotatable bonds is 2. The van der Waals surface area contributed by atoms with Gasteiger partial charge in [0.25, 0.3) is 0 Å². The Hall–Kier alpha value is -2.24. The number of carbonyl (C=O) groups is 2. The van der Waals surface area contributed by atoms with Crippen LogP contribution >= 0.6 is 0 Å². The second-order valence-corrected chi connectivity index (χ2v) is 5.13. The number of piperidine rings is 1. The predicted octanol–water partition coefficient (Wildman–Crippen LogP) is 2.35. The second kappa shape index (κ2) is 5.81. The lowest BCUT2D eigenvalue weighted by Crippen LogP contribution is -2.41. The number of aromatic carboxylic acids is 1. The van der Waals surface area contributed by atoms with E-state index < -0.39 is 11.7 Å². The van der Waals surface area contributed by atoms with Crippen molar-refractivity contribution >= 4 is 17.7 Å². The van der Waals surface area contributed by atoms with Crippen molar-refractivity contribution in [3.63, 3.8) is 0 Å². The molecule has 0 saturated carbocycles. The largest absolute Gasteiger partial charge is 0.505 e. The number of carboxylic acids is 1. The Morgan fingerprint density at radius 1 is 1.40 bits per heavy atom. The van der Waals surface area contributed by atoms with Gasteiger partial charge in [-0.3, -0.25) is 0 Å². The highest BCUT2D eigenvalue weighted by molar-refractivity contribution is 5.97. The van der Waals surface area contributed by atoms with Crippen LogP contribution in [0.25, 0.3) is 0 Å². The SMILES string of the molecule is CC1CCCN(C(=O)Nc2cccc(C(=O)O)c2O)C1. The van der Waals surface area contributed by atoms with Gasteiger partial charge in [-0.2, -0.15) is 0 Å². The fourth-order valence-corrected chi connectivity index (χ4v) is 2.39. The number of benzene rings is 1. The molecule has 1 atom stereocenters. The summed E-state index contributed by atoms with van der Waals surface area (Å²) in [6, 6.07) is 3.94. The highest BCUT2D eigenvalue weighted by Crippen LogP contribution is 2.28. The molecule has 1 aliphatic rings. The lowest BCUT2D eigenvalue weighted by atomic mass is 10.0. The lowest BCUT2D eigenvalue weighted by Gasteiger charge is -2.31. The minimum Gasteiger partial charge on any atom is -0.505 e. The Labute approximate surface area is 117 Å². The zero-order valence-corrected chi connectivity index (χ0v) is 11.3. The third kappa shape index (κ3) is 3.01. The highest BCUT2D eigenvalue weighted by atomic mass is 16.4. The number of phenols is 1. The number of hydrogen-bond donors (Lipinski definition) is 3. The van der Waals surface area contributed by atoms with Gasteiger partial charge in [-0.25, -0.2) is 9.59 Å². The molecule has 1 aromatic rings. The molecule has 0 radical (unpaired) electrons. The van der Waals surface area contributed by atoms with Crippen LogP contribution in [0.15, 0.2) is 18.2 Å². The summed E-state index contributed by atoms with van der Waals surface area (Å²) in [5.41, 5.74) is -0.108. The topological polar surface area (TPSA) is 89.9 Å². The number of anilines is 1. The molecule has 3 N–H and O–H groups in total. The van der Waals surface area contributed by atoms with E-state index in [1.54, 1.807) is 4.90 Å². The Morgan fingerprint density at radius 3 is 2.80 bits per heavy atom. The summed E-state index contributed by atoms with van der Waals surface area (Å²) < 4.78 is 0. The molecular formula is C14H18N2O4. The van der Waals surface area contributed by atoms with E-state index in [4.69, 9.17) is 5.11 Å². The zero-order chi connectivity index (χ0) is 14.7. The van der Waals surface area contributed by atoms with Gasteiger partial charge >= 0.3 is 12.0 Å². The van der Waals surface area contributed by atoms with Crippen molar-refractivity contribution in [1.29, 1.82) is 0 Å². The van der Waals surface area contributed by atoms with Crippen molar-refractivity contribution < 1.29 is 19.8 Å². The van der Waals surface area contributed by atoms with Gasteiger partial charge in [-0.1, -0.05) is 13.0 Å². The molecule has 6 nitrogen and oxygen atoms in total. The van der Waals surface area contributed by atoms with E-state index in [1.807, 2.05) is 0 Å². The van der Waals surface area contributed by atoms with Gasteiger partial charge in [0.1, 0.15) is 5.56 Å². The Kier molecular flexibility index (Phi) is 4.12. The molecular weight excluding hydrogens is 260 g/mol. The van der Waals surface area contributed by atoms with E-state index >= 15 is 0 Å².